The van der Waals surface area contributed by atoms with Crippen LogP contribution in [0.4, 0.5) is 0 Å². The SMILES string of the molecule is CC(C)C(=O)CC12CC3CC(CC(C3)C1)C2.CCCCC/C=C\C/C=C\CCCCCCCC(=O)C(C)C.CCCCCCCCCCCCn1c(CCCCCCCCCCC)nc2cc(C(=O)C(C)C)ccc21.CCCCCCCCOC(CCC(=O)C(C)C)OCCCCCCCC. The zero-order valence-electron chi connectivity index (χ0n) is 69.1. The van der Waals surface area contributed by atoms with Crippen molar-refractivity contribution in [3.05, 3.63) is 53.9 Å². The fraction of sp³-hybridized carbons (Fsp3) is 0.839. The second-order valence-corrected chi connectivity index (χ2v) is 33.3. The topological polar surface area (TPSA) is 105 Å². The average Bonchev–Trinajstić information content (AvgIpc) is 1.14. The second kappa shape index (κ2) is 61.9. The maximum atomic E-state index is 12.6. The smallest absolute Gasteiger partial charge is 0.165 e. The standard InChI is InChI=1S/C34H58N2O.C23H46O3.C21H38O.C15H24O/c1-5-7-9-11-13-15-17-19-21-23-27-36-32-26-25-30(34(37)29(3)4)28-31(32)35-33(36)24-22-20-18-16-14-12-10-8-6-2;1-5-7-9-11-13-15-19-25-23(18-17-22(24)21(3)4)26-20-16-14-12-10-8-6-2;1-4-5-6-7-8-9-10-11-12-13-14-15-16-17-18-19-21(22)20(2)3;1-10(2)14(16)9-15-6-11-3-12(7-15)5-13(4-11)8-15/h25-26,28-29H,5-24,27H2,1-4H3;21,23H,5-20H2,1-4H3;8-9,11-12,20H,4-7,10,13-19H2,1-3H3;10-13H,3-9H2,1-2H3/b;;9-8-,12-11-;. The van der Waals surface area contributed by atoms with Crippen LogP contribution in [0.5, 0.6) is 0 Å². The number of imidazole rings is 1. The Balaban J connectivity index is 0.000000478. The van der Waals surface area contributed by atoms with E-state index in [2.05, 4.69) is 83.4 Å². The van der Waals surface area contributed by atoms with Crippen LogP contribution in [-0.2, 0) is 36.8 Å². The number of aromatic nitrogens is 2. The summed E-state index contributed by atoms with van der Waals surface area (Å²) in [6.45, 7) is 29.9. The van der Waals surface area contributed by atoms with Crippen molar-refractivity contribution in [2.75, 3.05) is 13.2 Å². The van der Waals surface area contributed by atoms with Gasteiger partial charge in [-0.05, 0) is 144 Å². The van der Waals surface area contributed by atoms with E-state index in [1.165, 1.54) is 294 Å². The molecule has 4 aliphatic carbocycles. The first-order chi connectivity index (χ1) is 48.9. The van der Waals surface area contributed by atoms with Crippen molar-refractivity contribution >= 4 is 34.2 Å². The minimum atomic E-state index is -0.205. The van der Waals surface area contributed by atoms with Crippen molar-refractivity contribution in [2.45, 2.75) is 443 Å². The number of unbranched alkanes of at least 4 members (excludes halogenated alkanes) is 35. The zero-order chi connectivity index (χ0) is 74.0. The Morgan fingerprint density at radius 1 is 0.446 bits per heavy atom. The first-order valence-electron chi connectivity index (χ1n) is 44.1. The molecule has 0 aliphatic heterocycles. The van der Waals surface area contributed by atoms with Gasteiger partial charge >= 0.3 is 0 Å². The van der Waals surface area contributed by atoms with E-state index in [0.29, 0.717) is 35.6 Å². The Bertz CT molecular complexity index is 2340. The van der Waals surface area contributed by atoms with Crippen LogP contribution in [0.2, 0.25) is 0 Å². The third-order valence-corrected chi connectivity index (χ3v) is 22.1. The molecule has 0 saturated heterocycles. The van der Waals surface area contributed by atoms with Crippen LogP contribution in [0, 0.1) is 46.8 Å². The van der Waals surface area contributed by atoms with Crippen LogP contribution in [0.15, 0.2) is 42.5 Å². The van der Waals surface area contributed by atoms with Crippen molar-refractivity contribution in [1.29, 1.82) is 0 Å². The molecule has 1 aromatic heterocycles. The first-order valence-corrected chi connectivity index (χ1v) is 44.1. The Hall–Kier alpha value is -3.23. The van der Waals surface area contributed by atoms with Crippen LogP contribution in [0.25, 0.3) is 11.0 Å². The van der Waals surface area contributed by atoms with Gasteiger partial charge in [0.25, 0.3) is 0 Å². The Morgan fingerprint density at radius 3 is 1.28 bits per heavy atom. The monoisotopic (exact) mass is 1410 g/mol. The number of hydrogen-bond donors (Lipinski definition) is 0. The molecular weight excluding hydrogens is 1240 g/mol. The van der Waals surface area contributed by atoms with E-state index >= 15 is 0 Å². The molecule has 4 bridgehead atoms. The van der Waals surface area contributed by atoms with Crippen molar-refractivity contribution in [1.82, 2.24) is 9.55 Å². The molecule has 4 aliphatic rings. The molecule has 6 rings (SSSR count). The van der Waals surface area contributed by atoms with E-state index < -0.39 is 0 Å². The molecule has 8 heteroatoms. The lowest BCUT2D eigenvalue weighted by atomic mass is 9.48. The van der Waals surface area contributed by atoms with Gasteiger partial charge in [-0.15, -0.1) is 0 Å². The summed E-state index contributed by atoms with van der Waals surface area (Å²) in [6.07, 6.45) is 76.1. The van der Waals surface area contributed by atoms with Gasteiger partial charge < -0.3 is 14.0 Å². The minimum Gasteiger partial charge on any atom is -0.353 e. The fourth-order valence-corrected chi connectivity index (χ4v) is 15.9. The minimum absolute atomic E-state index is 0.0209. The van der Waals surface area contributed by atoms with E-state index in [9.17, 15) is 19.2 Å². The predicted octanol–water partition coefficient (Wildman–Crippen LogP) is 28.8. The number of rotatable bonds is 61. The second-order valence-electron chi connectivity index (χ2n) is 33.3. The molecule has 101 heavy (non-hydrogen) atoms. The van der Waals surface area contributed by atoms with Gasteiger partial charge in [0.1, 0.15) is 23.2 Å². The van der Waals surface area contributed by atoms with E-state index in [1.54, 1.807) is 0 Å². The number of aryl methyl sites for hydroxylation is 2. The molecule has 584 valence electrons. The summed E-state index contributed by atoms with van der Waals surface area (Å²) in [5, 5.41) is 0. The van der Waals surface area contributed by atoms with Gasteiger partial charge in [-0.25, -0.2) is 4.98 Å². The number of carbonyl (C=O) groups is 4. The van der Waals surface area contributed by atoms with E-state index in [1.807, 2.05) is 53.7 Å². The van der Waals surface area contributed by atoms with Gasteiger partial charge in [0.05, 0.1) is 11.0 Å². The summed E-state index contributed by atoms with van der Waals surface area (Å²) in [5.74, 6) is 6.20. The molecule has 1 heterocycles. The highest BCUT2D eigenvalue weighted by Crippen LogP contribution is 2.61. The summed E-state index contributed by atoms with van der Waals surface area (Å²) in [5.41, 5.74) is 3.48. The molecule has 4 saturated carbocycles. The number of fused-ring (bicyclic) bond motifs is 1. The van der Waals surface area contributed by atoms with Gasteiger partial charge in [0, 0.05) is 81.1 Å². The maximum Gasteiger partial charge on any atom is 0.165 e. The average molecular weight is 1410 g/mol. The van der Waals surface area contributed by atoms with E-state index in [-0.39, 0.29) is 35.7 Å². The van der Waals surface area contributed by atoms with Crippen molar-refractivity contribution in [3.8, 4) is 0 Å². The van der Waals surface area contributed by atoms with Gasteiger partial charge in [-0.3, -0.25) is 19.2 Å². The number of Topliss-reactive ketones (excluding diaryl/α,β-unsaturated/α-hetero) is 4. The van der Waals surface area contributed by atoms with Gasteiger partial charge in [0.15, 0.2) is 12.1 Å². The van der Waals surface area contributed by atoms with Crippen molar-refractivity contribution in [2.24, 2.45) is 46.8 Å². The van der Waals surface area contributed by atoms with Gasteiger partial charge in [-0.2, -0.15) is 0 Å². The van der Waals surface area contributed by atoms with Crippen LogP contribution >= 0.6 is 0 Å². The molecule has 0 spiro atoms. The zero-order valence-corrected chi connectivity index (χ0v) is 69.1. The summed E-state index contributed by atoms with van der Waals surface area (Å²) >= 11 is 0. The molecular formula is C93H166N2O6. The molecule has 2 aromatic rings. The first kappa shape index (κ1) is 93.9. The molecule has 1 aromatic carbocycles. The number of carbonyl (C=O) groups excluding carboxylic acids is 4. The highest BCUT2D eigenvalue weighted by Gasteiger charge is 2.51. The molecule has 0 radical (unpaired) electrons. The third kappa shape index (κ3) is 46.5. The van der Waals surface area contributed by atoms with Crippen LogP contribution < -0.4 is 0 Å². The molecule has 0 amide bonds. The van der Waals surface area contributed by atoms with Crippen LogP contribution in [-0.4, -0.2) is 52.2 Å². The van der Waals surface area contributed by atoms with E-state index in [4.69, 9.17) is 14.5 Å². The molecule has 0 N–H and O–H groups in total. The molecule has 8 nitrogen and oxygen atoms in total. The number of nitrogens with zero attached hydrogens (tertiary/aromatic N) is 2. The lowest BCUT2D eigenvalue weighted by Crippen LogP contribution is -2.47. The Morgan fingerprint density at radius 2 is 0.832 bits per heavy atom. The van der Waals surface area contributed by atoms with Crippen LogP contribution in [0.3, 0.4) is 0 Å². The summed E-state index contributed by atoms with van der Waals surface area (Å²) in [6, 6.07) is 6.20. The van der Waals surface area contributed by atoms with Gasteiger partial charge in [0.2, 0.25) is 0 Å². The lowest BCUT2D eigenvalue weighted by molar-refractivity contribution is -0.151. The van der Waals surface area contributed by atoms with E-state index in [0.717, 1.165) is 93.5 Å². The fourth-order valence-electron chi connectivity index (χ4n) is 15.9. The number of benzene rings is 1. The summed E-state index contributed by atoms with van der Waals surface area (Å²) in [7, 11) is 0. The highest BCUT2D eigenvalue weighted by molar-refractivity contribution is 6.00. The third-order valence-electron chi connectivity index (χ3n) is 22.1. The summed E-state index contributed by atoms with van der Waals surface area (Å²) < 4.78 is 14.4. The van der Waals surface area contributed by atoms with Crippen molar-refractivity contribution < 1.29 is 28.7 Å². The number of allylic oxidation sites excluding steroid dienone is 4. The lowest BCUT2D eigenvalue weighted by Gasteiger charge is -2.57. The molecule has 0 atom stereocenters. The highest BCUT2D eigenvalue weighted by atomic mass is 16.7. The Kier molecular flexibility index (Phi) is 57.5. The number of ketones is 4. The quantitative estimate of drug-likeness (QED) is 0.0281. The molecule has 4 fully saturated rings. The van der Waals surface area contributed by atoms with Gasteiger partial charge in [-0.1, -0.05) is 320 Å². The predicted molar refractivity (Wildman–Crippen MR) is 437 cm³/mol. The Labute approximate surface area is 626 Å². The maximum absolute atomic E-state index is 12.6. The number of hydrogen-bond acceptors (Lipinski definition) is 7. The summed E-state index contributed by atoms with van der Waals surface area (Å²) in [4.78, 5) is 53.0. The van der Waals surface area contributed by atoms with Crippen LogP contribution in [0.1, 0.15) is 440 Å². The largest absolute Gasteiger partial charge is 0.353 e. The number of ether oxygens (including phenoxy) is 2. The van der Waals surface area contributed by atoms with Crippen molar-refractivity contribution in [3.63, 3.8) is 0 Å². The molecule has 0 unspecified atom stereocenters. The normalized spacial score (nSPS) is 17.1.